The number of fused-ring (bicyclic) bond motifs is 1. The summed E-state index contributed by atoms with van der Waals surface area (Å²) in [7, 11) is -1.10. The van der Waals surface area contributed by atoms with Gasteiger partial charge < -0.3 is 10.1 Å². The Morgan fingerprint density at radius 1 is 1.10 bits per heavy atom. The number of aliphatic hydroxyl groups is 1. The largest absolute Gasteiger partial charge is 0.396 e. The highest BCUT2D eigenvalue weighted by atomic mass is 32.2. The Bertz CT molecular complexity index is 793. The number of nitrogens with one attached hydrogen (secondary N) is 1. The Hall–Kier alpha value is -1.91. The Balaban J connectivity index is 2.38. The number of hydrogen-bond acceptors (Lipinski definition) is 2. The second-order valence-corrected chi connectivity index (χ2v) is 6.28. The summed E-state index contributed by atoms with van der Waals surface area (Å²) >= 11 is 0. The predicted octanol–water partition coefficient (Wildman–Crippen LogP) is 3.11. The molecule has 0 aliphatic heterocycles. The molecule has 0 fully saturated rings. The standard InChI is InChI=1S/C17H17NO2S/c1-21(20)17-16(12-6-3-2-4-7-12)15-13(10-11-19)8-5-9-14(15)18-17/h2-9,18-19H,10-11H2,1H3. The number of aliphatic hydroxyl groups excluding tert-OH is 1. The van der Waals surface area contributed by atoms with Gasteiger partial charge in [0, 0.05) is 29.3 Å². The molecule has 1 heterocycles. The Morgan fingerprint density at radius 2 is 1.86 bits per heavy atom. The van der Waals surface area contributed by atoms with Crippen molar-refractivity contribution < 1.29 is 9.32 Å². The smallest absolute Gasteiger partial charge is 0.112 e. The molecule has 0 radical (unpaired) electrons. The molecule has 3 rings (SSSR count). The van der Waals surface area contributed by atoms with Gasteiger partial charge in [-0.1, -0.05) is 42.5 Å². The van der Waals surface area contributed by atoms with Gasteiger partial charge in [0.15, 0.2) is 0 Å². The summed E-state index contributed by atoms with van der Waals surface area (Å²) in [6, 6.07) is 15.9. The summed E-state index contributed by atoms with van der Waals surface area (Å²) in [5.41, 5.74) is 4.06. The molecular weight excluding hydrogens is 282 g/mol. The Morgan fingerprint density at radius 3 is 2.52 bits per heavy atom. The summed E-state index contributed by atoms with van der Waals surface area (Å²) in [5.74, 6) is 0. The van der Waals surface area contributed by atoms with Crippen LogP contribution >= 0.6 is 0 Å². The zero-order chi connectivity index (χ0) is 14.8. The van der Waals surface area contributed by atoms with Crippen LogP contribution in [-0.4, -0.2) is 27.2 Å². The van der Waals surface area contributed by atoms with Crippen molar-refractivity contribution >= 4 is 21.7 Å². The minimum Gasteiger partial charge on any atom is -0.396 e. The molecule has 3 nitrogen and oxygen atoms in total. The van der Waals surface area contributed by atoms with Gasteiger partial charge in [0.1, 0.15) is 5.03 Å². The molecular formula is C17H17NO2S. The second kappa shape index (κ2) is 5.84. The third-order valence-corrected chi connectivity index (χ3v) is 4.49. The topological polar surface area (TPSA) is 53.1 Å². The van der Waals surface area contributed by atoms with E-state index in [1.807, 2.05) is 48.5 Å². The van der Waals surface area contributed by atoms with Crippen LogP contribution < -0.4 is 0 Å². The van der Waals surface area contributed by atoms with Gasteiger partial charge in [0.05, 0.1) is 10.8 Å². The van der Waals surface area contributed by atoms with Gasteiger partial charge in [-0.05, 0) is 23.6 Å². The average molecular weight is 299 g/mol. The zero-order valence-electron chi connectivity index (χ0n) is 11.8. The van der Waals surface area contributed by atoms with Gasteiger partial charge >= 0.3 is 0 Å². The van der Waals surface area contributed by atoms with Crippen LogP contribution in [0.3, 0.4) is 0 Å². The molecule has 21 heavy (non-hydrogen) atoms. The van der Waals surface area contributed by atoms with Gasteiger partial charge in [0.2, 0.25) is 0 Å². The van der Waals surface area contributed by atoms with Crippen molar-refractivity contribution in [2.24, 2.45) is 0 Å². The maximum Gasteiger partial charge on any atom is 0.112 e. The number of hydrogen-bond donors (Lipinski definition) is 2. The highest BCUT2D eigenvalue weighted by molar-refractivity contribution is 7.84. The van der Waals surface area contributed by atoms with E-state index in [0.29, 0.717) is 6.42 Å². The summed E-state index contributed by atoms with van der Waals surface area (Å²) in [6.07, 6.45) is 2.27. The van der Waals surface area contributed by atoms with Crippen molar-refractivity contribution in [3.05, 3.63) is 54.1 Å². The molecule has 0 saturated heterocycles. The number of aromatic nitrogens is 1. The third kappa shape index (κ3) is 2.52. The van der Waals surface area contributed by atoms with E-state index >= 15 is 0 Å². The van der Waals surface area contributed by atoms with E-state index in [9.17, 15) is 9.32 Å². The molecule has 4 heteroatoms. The molecule has 0 spiro atoms. The van der Waals surface area contributed by atoms with Crippen LogP contribution in [0.1, 0.15) is 5.56 Å². The van der Waals surface area contributed by atoms with Crippen LogP contribution in [-0.2, 0) is 17.2 Å². The summed E-state index contributed by atoms with van der Waals surface area (Å²) < 4.78 is 12.1. The molecule has 1 aromatic heterocycles. The minimum atomic E-state index is -1.10. The van der Waals surface area contributed by atoms with E-state index in [2.05, 4.69) is 4.98 Å². The lowest BCUT2D eigenvalue weighted by molar-refractivity contribution is 0.300. The minimum absolute atomic E-state index is 0.100. The molecule has 2 N–H and O–H groups in total. The maximum atomic E-state index is 12.1. The lowest BCUT2D eigenvalue weighted by Gasteiger charge is -2.06. The van der Waals surface area contributed by atoms with E-state index < -0.39 is 10.8 Å². The molecule has 2 aromatic carbocycles. The van der Waals surface area contributed by atoms with Crippen molar-refractivity contribution in [2.75, 3.05) is 12.9 Å². The molecule has 0 amide bonds. The number of aromatic amines is 1. The highest BCUT2D eigenvalue weighted by Gasteiger charge is 2.18. The molecule has 0 aliphatic carbocycles. The van der Waals surface area contributed by atoms with Crippen LogP contribution in [0.25, 0.3) is 22.0 Å². The fourth-order valence-corrected chi connectivity index (χ4v) is 3.48. The summed E-state index contributed by atoms with van der Waals surface area (Å²) in [4.78, 5) is 3.28. The molecule has 1 atom stereocenters. The van der Waals surface area contributed by atoms with Gasteiger partial charge in [-0.15, -0.1) is 0 Å². The monoisotopic (exact) mass is 299 g/mol. The van der Waals surface area contributed by atoms with Gasteiger partial charge in [-0.3, -0.25) is 4.21 Å². The lowest BCUT2D eigenvalue weighted by Crippen LogP contribution is -1.93. The van der Waals surface area contributed by atoms with Crippen molar-refractivity contribution in [1.29, 1.82) is 0 Å². The van der Waals surface area contributed by atoms with Crippen molar-refractivity contribution in [2.45, 2.75) is 11.4 Å². The van der Waals surface area contributed by atoms with E-state index in [1.54, 1.807) is 6.26 Å². The van der Waals surface area contributed by atoms with E-state index in [4.69, 9.17) is 0 Å². The van der Waals surface area contributed by atoms with Crippen LogP contribution in [0.5, 0.6) is 0 Å². The van der Waals surface area contributed by atoms with Crippen LogP contribution in [0, 0.1) is 0 Å². The first-order valence-electron chi connectivity index (χ1n) is 6.85. The second-order valence-electron chi connectivity index (χ2n) is 4.96. The molecule has 0 aliphatic rings. The fraction of sp³-hybridized carbons (Fsp3) is 0.176. The quantitative estimate of drug-likeness (QED) is 0.778. The van der Waals surface area contributed by atoms with Gasteiger partial charge in [-0.2, -0.15) is 0 Å². The van der Waals surface area contributed by atoms with Crippen LogP contribution in [0.2, 0.25) is 0 Å². The SMILES string of the molecule is CS(=O)c1[nH]c2cccc(CCO)c2c1-c1ccccc1. The van der Waals surface area contributed by atoms with E-state index in [1.165, 1.54) is 0 Å². The van der Waals surface area contributed by atoms with Crippen LogP contribution in [0.15, 0.2) is 53.6 Å². The molecule has 108 valence electrons. The maximum absolute atomic E-state index is 12.1. The molecule has 0 bridgehead atoms. The van der Waals surface area contributed by atoms with E-state index in [-0.39, 0.29) is 6.61 Å². The average Bonchev–Trinajstić information content (AvgIpc) is 2.89. The number of rotatable bonds is 4. The third-order valence-electron chi connectivity index (χ3n) is 3.61. The van der Waals surface area contributed by atoms with Crippen molar-refractivity contribution in [3.8, 4) is 11.1 Å². The fourth-order valence-electron chi connectivity index (χ4n) is 2.72. The predicted molar refractivity (Wildman–Crippen MR) is 86.9 cm³/mol. The van der Waals surface area contributed by atoms with E-state index in [0.717, 1.165) is 32.6 Å². The lowest BCUT2D eigenvalue weighted by atomic mass is 9.99. The van der Waals surface area contributed by atoms with Crippen molar-refractivity contribution in [3.63, 3.8) is 0 Å². The first-order chi connectivity index (χ1) is 10.2. The molecule has 3 aromatic rings. The zero-order valence-corrected chi connectivity index (χ0v) is 12.6. The molecule has 0 saturated carbocycles. The summed E-state index contributed by atoms with van der Waals surface area (Å²) in [6.45, 7) is 0.100. The first kappa shape index (κ1) is 14.0. The Kier molecular flexibility index (Phi) is 3.90. The van der Waals surface area contributed by atoms with Crippen molar-refractivity contribution in [1.82, 2.24) is 4.98 Å². The van der Waals surface area contributed by atoms with Crippen LogP contribution in [0.4, 0.5) is 0 Å². The normalized spacial score (nSPS) is 12.7. The van der Waals surface area contributed by atoms with Gasteiger partial charge in [-0.25, -0.2) is 0 Å². The number of H-pyrrole nitrogens is 1. The number of benzene rings is 2. The first-order valence-corrected chi connectivity index (χ1v) is 8.41. The Labute approximate surface area is 126 Å². The van der Waals surface area contributed by atoms with Gasteiger partial charge in [0.25, 0.3) is 0 Å². The highest BCUT2D eigenvalue weighted by Crippen LogP contribution is 2.36. The molecule has 1 unspecified atom stereocenters. The summed E-state index contributed by atoms with van der Waals surface area (Å²) in [5, 5.41) is 11.1.